The van der Waals surface area contributed by atoms with Crippen LogP contribution < -0.4 is 5.73 Å². The molecule has 2 unspecified atom stereocenters. The Bertz CT molecular complexity index is 884. The Kier molecular flexibility index (Phi) is 10.4. The van der Waals surface area contributed by atoms with E-state index in [2.05, 4.69) is 62.1 Å². The van der Waals surface area contributed by atoms with Gasteiger partial charge in [0, 0.05) is 54.8 Å². The number of fused-ring (bicyclic) bond motifs is 2. The molecule has 0 spiro atoms. The SMILES string of the molecule is CI.CI.CN1C2CCC1CC(CC(=O)C(=N)c1ccc(-c3nccn3C)cc1N)C2. The van der Waals surface area contributed by atoms with E-state index in [0.717, 1.165) is 24.2 Å². The predicted octanol–water partition coefficient (Wildman–Crippen LogP) is 4.97. The zero-order valence-electron chi connectivity index (χ0n) is 18.7. The number of rotatable bonds is 5. The van der Waals surface area contributed by atoms with Crippen LogP contribution in [0.3, 0.4) is 0 Å². The largest absolute Gasteiger partial charge is 0.398 e. The van der Waals surface area contributed by atoms with Crippen molar-refractivity contribution in [2.75, 3.05) is 22.6 Å². The second-order valence-corrected chi connectivity index (χ2v) is 8.05. The van der Waals surface area contributed by atoms with E-state index >= 15 is 0 Å². The number of alkyl halides is 2. The van der Waals surface area contributed by atoms with E-state index in [1.54, 1.807) is 18.3 Å². The number of carbonyl (C=O) groups is 1. The third kappa shape index (κ3) is 6.07. The molecule has 2 atom stereocenters. The van der Waals surface area contributed by atoms with Crippen LogP contribution in [0.2, 0.25) is 0 Å². The summed E-state index contributed by atoms with van der Waals surface area (Å²) >= 11 is 4.30. The molecule has 2 bridgehead atoms. The maximum Gasteiger partial charge on any atom is 0.181 e. The lowest BCUT2D eigenvalue weighted by Crippen LogP contribution is -2.40. The van der Waals surface area contributed by atoms with Gasteiger partial charge in [-0.2, -0.15) is 0 Å². The van der Waals surface area contributed by atoms with Crippen LogP contribution in [0.5, 0.6) is 0 Å². The molecule has 0 aliphatic carbocycles. The fourth-order valence-electron chi connectivity index (χ4n) is 4.78. The van der Waals surface area contributed by atoms with Gasteiger partial charge in [-0.15, -0.1) is 0 Å². The average Bonchev–Trinajstić information content (AvgIpc) is 3.28. The number of halogens is 2. The molecule has 31 heavy (non-hydrogen) atoms. The number of imidazole rings is 1. The number of hydrogen-bond acceptors (Lipinski definition) is 5. The molecule has 2 aliphatic rings. The van der Waals surface area contributed by atoms with Crippen LogP contribution in [-0.4, -0.2) is 54.9 Å². The molecule has 0 amide bonds. The molecule has 1 aromatic heterocycles. The van der Waals surface area contributed by atoms with E-state index in [-0.39, 0.29) is 11.5 Å². The van der Waals surface area contributed by atoms with Crippen LogP contribution in [0.25, 0.3) is 11.4 Å². The number of nitrogens with zero attached hydrogens (tertiary/aromatic N) is 3. The second kappa shape index (κ2) is 12.3. The number of aryl methyl sites for hydroxylation is 1. The normalized spacial score (nSPS) is 22.1. The number of carbonyl (C=O) groups excluding carboxylic acids is 1. The Labute approximate surface area is 213 Å². The third-order valence-electron chi connectivity index (χ3n) is 6.35. The van der Waals surface area contributed by atoms with Crippen molar-refractivity contribution in [1.29, 1.82) is 5.41 Å². The standard InChI is InChI=1S/C21H27N5O.2CH3I/c1-25-8-7-24-21(25)14-3-6-17(18(22)12-14)20(23)19(27)11-13-9-15-4-5-16(10-13)26(15)2;2*1-2/h3,6-8,12-13,15-16,23H,4-5,9-11,22H2,1-2H3;2*1H3. The number of hydrogen-bond donors (Lipinski definition) is 2. The van der Waals surface area contributed by atoms with Crippen molar-refractivity contribution in [3.8, 4) is 11.4 Å². The molecule has 170 valence electrons. The van der Waals surface area contributed by atoms with Crippen molar-refractivity contribution >= 4 is 62.4 Å². The van der Waals surface area contributed by atoms with Gasteiger partial charge in [-0.1, -0.05) is 51.2 Å². The maximum absolute atomic E-state index is 12.7. The molecular weight excluding hydrogens is 616 g/mol. The molecule has 0 radical (unpaired) electrons. The van der Waals surface area contributed by atoms with Crippen molar-refractivity contribution < 1.29 is 4.79 Å². The van der Waals surface area contributed by atoms with E-state index < -0.39 is 0 Å². The highest BCUT2D eigenvalue weighted by Gasteiger charge is 2.39. The summed E-state index contributed by atoms with van der Waals surface area (Å²) in [6.07, 6.45) is 8.69. The fourth-order valence-corrected chi connectivity index (χ4v) is 4.78. The lowest BCUT2D eigenvalue weighted by Gasteiger charge is -2.36. The summed E-state index contributed by atoms with van der Waals surface area (Å²) in [5, 5.41) is 8.38. The van der Waals surface area contributed by atoms with Crippen molar-refractivity contribution in [3.63, 3.8) is 0 Å². The number of nitrogen functional groups attached to an aromatic ring is 1. The van der Waals surface area contributed by atoms with Gasteiger partial charge in [-0.3, -0.25) is 10.2 Å². The summed E-state index contributed by atoms with van der Waals surface area (Å²) in [5.41, 5.74) is 8.08. The molecular formula is C23H33I2N5O. The number of anilines is 1. The molecule has 3 N–H and O–H groups in total. The van der Waals surface area contributed by atoms with Crippen molar-refractivity contribution in [3.05, 3.63) is 36.2 Å². The Morgan fingerprint density at radius 2 is 1.77 bits per heavy atom. The first-order valence-corrected chi connectivity index (χ1v) is 14.7. The number of nitrogens with one attached hydrogen (secondary N) is 1. The molecule has 3 heterocycles. The quantitative estimate of drug-likeness (QED) is 0.207. The lowest BCUT2D eigenvalue weighted by molar-refractivity contribution is -0.114. The minimum absolute atomic E-state index is 0.0326. The van der Waals surface area contributed by atoms with Crippen LogP contribution >= 0.6 is 45.2 Å². The van der Waals surface area contributed by atoms with E-state index in [4.69, 9.17) is 11.1 Å². The lowest BCUT2D eigenvalue weighted by atomic mass is 9.85. The van der Waals surface area contributed by atoms with Crippen LogP contribution in [0, 0.1) is 11.3 Å². The van der Waals surface area contributed by atoms with Gasteiger partial charge in [-0.05, 0) is 60.6 Å². The van der Waals surface area contributed by atoms with Crippen LogP contribution in [0.15, 0.2) is 30.6 Å². The number of Topliss-reactive ketones (excluding diaryl/α,β-unsaturated/α-hetero) is 1. The molecule has 6 nitrogen and oxygen atoms in total. The summed E-state index contributed by atoms with van der Waals surface area (Å²) in [7, 11) is 4.12. The molecule has 2 aliphatic heterocycles. The average molecular weight is 649 g/mol. The second-order valence-electron chi connectivity index (χ2n) is 8.05. The third-order valence-corrected chi connectivity index (χ3v) is 6.35. The topological polar surface area (TPSA) is 88.0 Å². The molecule has 2 aromatic rings. The summed E-state index contributed by atoms with van der Waals surface area (Å²) in [6, 6.07) is 6.68. The summed E-state index contributed by atoms with van der Waals surface area (Å²) in [6.45, 7) is 0. The minimum atomic E-state index is -0.0969. The van der Waals surface area contributed by atoms with E-state index in [9.17, 15) is 4.79 Å². The van der Waals surface area contributed by atoms with Gasteiger partial charge in [0.2, 0.25) is 0 Å². The van der Waals surface area contributed by atoms with Gasteiger partial charge < -0.3 is 15.2 Å². The smallest absolute Gasteiger partial charge is 0.181 e. The number of benzene rings is 1. The first kappa shape index (κ1) is 26.2. The zero-order chi connectivity index (χ0) is 23.1. The van der Waals surface area contributed by atoms with Crippen LogP contribution in [0.1, 0.15) is 37.7 Å². The number of piperidine rings is 1. The monoisotopic (exact) mass is 649 g/mol. The summed E-state index contributed by atoms with van der Waals surface area (Å²) in [5.74, 6) is 1.10. The van der Waals surface area contributed by atoms with Crippen molar-refractivity contribution in [2.24, 2.45) is 13.0 Å². The highest BCUT2D eigenvalue weighted by molar-refractivity contribution is 14.1. The Morgan fingerprint density at radius 3 is 2.29 bits per heavy atom. The molecule has 2 saturated heterocycles. The van der Waals surface area contributed by atoms with Gasteiger partial charge >= 0.3 is 0 Å². The summed E-state index contributed by atoms with van der Waals surface area (Å²) in [4.78, 5) is 23.5. The first-order chi connectivity index (χ1) is 14.9. The van der Waals surface area contributed by atoms with Crippen LogP contribution in [0.4, 0.5) is 5.69 Å². The number of ketones is 1. The predicted molar refractivity (Wildman–Crippen MR) is 147 cm³/mol. The van der Waals surface area contributed by atoms with Gasteiger partial charge in [0.15, 0.2) is 5.78 Å². The highest BCUT2D eigenvalue weighted by atomic mass is 127. The molecule has 0 saturated carbocycles. The summed E-state index contributed by atoms with van der Waals surface area (Å²) < 4.78 is 1.92. The van der Waals surface area contributed by atoms with Crippen molar-refractivity contribution in [2.45, 2.75) is 44.2 Å². The van der Waals surface area contributed by atoms with Gasteiger partial charge in [-0.25, -0.2) is 4.98 Å². The first-order valence-electron chi connectivity index (χ1n) is 10.4. The van der Waals surface area contributed by atoms with Gasteiger partial charge in [0.1, 0.15) is 11.5 Å². The Balaban J connectivity index is 0.000000807. The molecule has 1 aromatic carbocycles. The highest BCUT2D eigenvalue weighted by Crippen LogP contribution is 2.39. The van der Waals surface area contributed by atoms with E-state index in [1.807, 2.05) is 33.7 Å². The number of nitrogens with two attached hydrogens (primary N) is 1. The zero-order valence-corrected chi connectivity index (χ0v) is 23.1. The maximum atomic E-state index is 12.7. The van der Waals surface area contributed by atoms with E-state index in [0.29, 0.717) is 35.7 Å². The van der Waals surface area contributed by atoms with Gasteiger partial charge in [0.25, 0.3) is 0 Å². The molecule has 8 heteroatoms. The van der Waals surface area contributed by atoms with Gasteiger partial charge in [0.05, 0.1) is 0 Å². The molecule has 2 fully saturated rings. The van der Waals surface area contributed by atoms with E-state index in [1.165, 1.54) is 12.8 Å². The molecule has 4 rings (SSSR count). The Morgan fingerprint density at radius 1 is 1.16 bits per heavy atom. The fraction of sp³-hybridized carbons (Fsp3) is 0.522. The van der Waals surface area contributed by atoms with Crippen molar-refractivity contribution in [1.82, 2.24) is 14.5 Å². The minimum Gasteiger partial charge on any atom is -0.398 e. The van der Waals surface area contributed by atoms with Crippen LogP contribution in [-0.2, 0) is 11.8 Å². The number of aromatic nitrogens is 2. The Hall–Kier alpha value is -1.01.